The molecule has 1 aromatic carbocycles. The van der Waals surface area contributed by atoms with Gasteiger partial charge in [-0.2, -0.15) is 0 Å². The first-order chi connectivity index (χ1) is 12.5. The molecule has 1 fully saturated rings. The van der Waals surface area contributed by atoms with Gasteiger partial charge < -0.3 is 15.2 Å². The van der Waals surface area contributed by atoms with Gasteiger partial charge in [0, 0.05) is 30.0 Å². The Kier molecular flexibility index (Phi) is 5.82. The smallest absolute Gasteiger partial charge is 0.251 e. The maximum absolute atomic E-state index is 12.3. The zero-order valence-electron chi connectivity index (χ0n) is 16.3. The van der Waals surface area contributed by atoms with Crippen molar-refractivity contribution in [3.63, 3.8) is 0 Å². The van der Waals surface area contributed by atoms with Crippen molar-refractivity contribution in [1.29, 1.82) is 0 Å². The largest absolute Gasteiger partial charge is 0.366 e. The average Bonchev–Trinajstić information content (AvgIpc) is 2.93. The molecule has 0 bridgehead atoms. The summed E-state index contributed by atoms with van der Waals surface area (Å²) in [6.07, 6.45) is 4.83. The highest BCUT2D eigenvalue weighted by Gasteiger charge is 2.24. The number of nitrogens with two attached hydrogens (primary N) is 1. The molecule has 1 amide bonds. The summed E-state index contributed by atoms with van der Waals surface area (Å²) >= 11 is 0. The van der Waals surface area contributed by atoms with Crippen LogP contribution in [0.3, 0.4) is 0 Å². The van der Waals surface area contributed by atoms with Crippen LogP contribution in [0.4, 0.5) is 0 Å². The lowest BCUT2D eigenvalue weighted by Gasteiger charge is -2.27. The van der Waals surface area contributed by atoms with Crippen molar-refractivity contribution in [2.24, 2.45) is 5.73 Å². The van der Waals surface area contributed by atoms with Gasteiger partial charge in [0.25, 0.3) is 5.91 Å². The highest BCUT2D eigenvalue weighted by Crippen LogP contribution is 2.33. The van der Waals surface area contributed by atoms with Crippen molar-refractivity contribution >= 4 is 5.91 Å². The number of aromatic nitrogens is 1. The number of nitrogens with zero attached hydrogens (tertiary/aromatic N) is 2. The number of likely N-dealkylation sites (tertiary alicyclic amines) is 1. The minimum atomic E-state index is -0.329. The number of hydrogen-bond donors (Lipinski definition) is 1. The van der Waals surface area contributed by atoms with Crippen LogP contribution in [0.15, 0.2) is 24.3 Å². The normalized spacial score (nSPS) is 15.3. The van der Waals surface area contributed by atoms with E-state index in [4.69, 9.17) is 5.73 Å². The molecule has 1 saturated heterocycles. The van der Waals surface area contributed by atoms with Gasteiger partial charge in [0.2, 0.25) is 0 Å². The Hall–Kier alpha value is -2.07. The summed E-state index contributed by atoms with van der Waals surface area (Å²) in [6, 6.07) is 8.40. The maximum atomic E-state index is 12.3. The number of amides is 1. The van der Waals surface area contributed by atoms with E-state index in [1.54, 1.807) is 0 Å². The van der Waals surface area contributed by atoms with Crippen LogP contribution in [0.25, 0.3) is 11.1 Å². The van der Waals surface area contributed by atoms with E-state index < -0.39 is 0 Å². The number of piperidine rings is 1. The van der Waals surface area contributed by atoms with Crippen molar-refractivity contribution in [3.05, 3.63) is 46.8 Å². The second kappa shape index (κ2) is 8.09. The Balaban J connectivity index is 2.00. The first kappa shape index (κ1) is 18.7. The standard InChI is InChI=1S/C22H31N3O/c1-4-19-21(18-10-8-16(2)9-11-18)20(22(23)26)17(3)25(19)15-14-24-12-6-5-7-13-24/h8-11H,4-7,12-15H2,1-3H3,(H2,23,26). The third-order valence-corrected chi connectivity index (χ3v) is 5.64. The van der Waals surface area contributed by atoms with Gasteiger partial charge in [-0.15, -0.1) is 0 Å². The summed E-state index contributed by atoms with van der Waals surface area (Å²) < 4.78 is 2.32. The van der Waals surface area contributed by atoms with Crippen molar-refractivity contribution in [2.45, 2.75) is 53.0 Å². The highest BCUT2D eigenvalue weighted by molar-refractivity contribution is 6.02. The summed E-state index contributed by atoms with van der Waals surface area (Å²) in [5.41, 5.74) is 12.0. The predicted molar refractivity (Wildman–Crippen MR) is 108 cm³/mol. The van der Waals surface area contributed by atoms with E-state index in [0.717, 1.165) is 36.3 Å². The van der Waals surface area contributed by atoms with Crippen molar-refractivity contribution in [1.82, 2.24) is 9.47 Å². The van der Waals surface area contributed by atoms with Gasteiger partial charge >= 0.3 is 0 Å². The first-order valence-corrected chi connectivity index (χ1v) is 9.84. The molecule has 3 rings (SSSR count). The Morgan fingerprint density at radius 3 is 2.27 bits per heavy atom. The van der Waals surface area contributed by atoms with Crippen LogP contribution in [0, 0.1) is 13.8 Å². The Bertz CT molecular complexity index is 768. The number of carbonyl (C=O) groups is 1. The van der Waals surface area contributed by atoms with Gasteiger partial charge in [-0.1, -0.05) is 43.2 Å². The van der Waals surface area contributed by atoms with Crippen LogP contribution in [-0.2, 0) is 13.0 Å². The highest BCUT2D eigenvalue weighted by atomic mass is 16.1. The summed E-state index contributed by atoms with van der Waals surface area (Å²) in [5, 5.41) is 0. The molecule has 2 N–H and O–H groups in total. The van der Waals surface area contributed by atoms with Gasteiger partial charge in [-0.05, 0) is 51.8 Å². The first-order valence-electron chi connectivity index (χ1n) is 9.84. The minimum Gasteiger partial charge on any atom is -0.366 e. The molecule has 4 heteroatoms. The topological polar surface area (TPSA) is 51.3 Å². The van der Waals surface area contributed by atoms with Gasteiger partial charge in [0.1, 0.15) is 0 Å². The third-order valence-electron chi connectivity index (χ3n) is 5.64. The molecular formula is C22H31N3O. The van der Waals surface area contributed by atoms with E-state index in [9.17, 15) is 4.79 Å². The van der Waals surface area contributed by atoms with Crippen LogP contribution in [0.2, 0.25) is 0 Å². The van der Waals surface area contributed by atoms with E-state index in [-0.39, 0.29) is 5.91 Å². The van der Waals surface area contributed by atoms with Gasteiger partial charge in [-0.25, -0.2) is 0 Å². The SMILES string of the molecule is CCc1c(-c2ccc(C)cc2)c(C(N)=O)c(C)n1CCN1CCCCC1. The summed E-state index contributed by atoms with van der Waals surface area (Å²) in [4.78, 5) is 14.8. The molecule has 0 spiro atoms. The minimum absolute atomic E-state index is 0.329. The van der Waals surface area contributed by atoms with Crippen LogP contribution < -0.4 is 5.73 Å². The lowest BCUT2D eigenvalue weighted by molar-refractivity contribution is 0.1000. The van der Waals surface area contributed by atoms with E-state index in [0.29, 0.717) is 5.56 Å². The number of rotatable bonds is 6. The van der Waals surface area contributed by atoms with Gasteiger partial charge in [-0.3, -0.25) is 4.79 Å². The predicted octanol–water partition coefficient (Wildman–Crippen LogP) is 3.92. The Morgan fingerprint density at radius 2 is 1.69 bits per heavy atom. The summed E-state index contributed by atoms with van der Waals surface area (Å²) in [5.74, 6) is -0.329. The fourth-order valence-corrected chi connectivity index (χ4v) is 4.22. The quantitative estimate of drug-likeness (QED) is 0.856. The number of benzene rings is 1. The molecule has 0 aliphatic carbocycles. The van der Waals surface area contributed by atoms with Crippen molar-refractivity contribution < 1.29 is 4.79 Å². The van der Waals surface area contributed by atoms with Gasteiger partial charge in [0.15, 0.2) is 0 Å². The molecule has 1 aliphatic heterocycles. The summed E-state index contributed by atoms with van der Waals surface area (Å²) in [6.45, 7) is 10.6. The fraction of sp³-hybridized carbons (Fsp3) is 0.500. The second-order valence-electron chi connectivity index (χ2n) is 7.42. The average molecular weight is 354 g/mol. The zero-order chi connectivity index (χ0) is 18.7. The second-order valence-corrected chi connectivity index (χ2v) is 7.42. The summed E-state index contributed by atoms with van der Waals surface area (Å²) in [7, 11) is 0. The zero-order valence-corrected chi connectivity index (χ0v) is 16.3. The van der Waals surface area contributed by atoms with E-state index >= 15 is 0 Å². The molecule has 4 nitrogen and oxygen atoms in total. The maximum Gasteiger partial charge on any atom is 0.251 e. The molecule has 26 heavy (non-hydrogen) atoms. The number of aryl methyl sites for hydroxylation is 1. The Labute approximate surface area is 157 Å². The van der Waals surface area contributed by atoms with Crippen LogP contribution >= 0.6 is 0 Å². The number of carbonyl (C=O) groups excluding carboxylic acids is 1. The molecule has 1 aliphatic rings. The van der Waals surface area contributed by atoms with Crippen molar-refractivity contribution in [2.75, 3.05) is 19.6 Å². The molecule has 1 aromatic heterocycles. The number of primary amides is 1. The third kappa shape index (κ3) is 3.70. The molecule has 2 aromatic rings. The van der Waals surface area contributed by atoms with E-state index in [1.807, 2.05) is 6.92 Å². The molecule has 2 heterocycles. The van der Waals surface area contributed by atoms with Crippen LogP contribution in [0.5, 0.6) is 0 Å². The molecule has 0 radical (unpaired) electrons. The monoisotopic (exact) mass is 353 g/mol. The number of hydrogen-bond acceptors (Lipinski definition) is 2. The van der Waals surface area contributed by atoms with Crippen LogP contribution in [0.1, 0.15) is 53.5 Å². The molecular weight excluding hydrogens is 322 g/mol. The fourth-order valence-electron chi connectivity index (χ4n) is 4.22. The molecule has 0 unspecified atom stereocenters. The lowest BCUT2D eigenvalue weighted by Crippen LogP contribution is -2.33. The lowest BCUT2D eigenvalue weighted by atomic mass is 9.98. The van der Waals surface area contributed by atoms with E-state index in [2.05, 4.69) is 47.6 Å². The molecule has 140 valence electrons. The molecule has 0 saturated carbocycles. The van der Waals surface area contributed by atoms with Crippen LogP contribution in [-0.4, -0.2) is 35.0 Å². The van der Waals surface area contributed by atoms with E-state index in [1.165, 1.54) is 43.6 Å². The van der Waals surface area contributed by atoms with Gasteiger partial charge in [0.05, 0.1) is 5.56 Å². The Morgan fingerprint density at radius 1 is 1.04 bits per heavy atom. The molecule has 0 atom stereocenters. The van der Waals surface area contributed by atoms with Crippen molar-refractivity contribution in [3.8, 4) is 11.1 Å².